The zero-order valence-corrected chi connectivity index (χ0v) is 19.8. The van der Waals surface area contributed by atoms with Gasteiger partial charge in [0, 0.05) is 42.7 Å². The maximum Gasteiger partial charge on any atom is 0.130 e. The minimum atomic E-state index is -0.305. The van der Waals surface area contributed by atoms with Crippen LogP contribution in [0.25, 0.3) is 6.08 Å². The van der Waals surface area contributed by atoms with Crippen LogP contribution in [0.15, 0.2) is 77.1 Å². The average Bonchev–Trinajstić information content (AvgIpc) is 3.57. The van der Waals surface area contributed by atoms with Gasteiger partial charge in [-0.05, 0) is 74.3 Å². The summed E-state index contributed by atoms with van der Waals surface area (Å²) in [5.41, 5.74) is 4.03. The molecule has 3 rings (SSSR count). The van der Waals surface area contributed by atoms with Crippen molar-refractivity contribution in [3.05, 3.63) is 95.0 Å². The third-order valence-electron chi connectivity index (χ3n) is 5.56. The first-order chi connectivity index (χ1) is 16.3. The third-order valence-corrected chi connectivity index (χ3v) is 5.56. The number of rotatable bonds is 11. The summed E-state index contributed by atoms with van der Waals surface area (Å²) in [5.74, 6) is 1.000. The number of allylic oxidation sites excluding steroid dienone is 5. The van der Waals surface area contributed by atoms with E-state index in [1.165, 1.54) is 25.0 Å². The van der Waals surface area contributed by atoms with Gasteiger partial charge in [-0.1, -0.05) is 18.7 Å². The maximum atomic E-state index is 13.5. The molecule has 1 atom stereocenters. The second-order valence-electron chi connectivity index (χ2n) is 8.38. The highest BCUT2D eigenvalue weighted by Gasteiger charge is 2.25. The molecule has 0 amide bonds. The first kappa shape index (κ1) is 24.8. The van der Waals surface area contributed by atoms with Crippen molar-refractivity contribution < 1.29 is 4.39 Å². The van der Waals surface area contributed by atoms with Crippen molar-refractivity contribution >= 4 is 23.7 Å². The van der Waals surface area contributed by atoms with E-state index in [-0.39, 0.29) is 23.3 Å². The van der Waals surface area contributed by atoms with E-state index in [0.717, 1.165) is 11.3 Å². The van der Waals surface area contributed by atoms with Gasteiger partial charge in [0.2, 0.25) is 0 Å². The fraction of sp³-hybridized carbons (Fsp3) is 0.259. The topological polar surface area (TPSA) is 101 Å². The van der Waals surface area contributed by atoms with Gasteiger partial charge in [0.25, 0.3) is 0 Å². The lowest BCUT2D eigenvalue weighted by molar-refractivity contribution is 0.613. The summed E-state index contributed by atoms with van der Waals surface area (Å²) in [6, 6.07) is 6.12. The van der Waals surface area contributed by atoms with Gasteiger partial charge >= 0.3 is 0 Å². The molecule has 0 saturated heterocycles. The number of nitrogens with one attached hydrogen (secondary N) is 4. The molecule has 1 heterocycles. The normalized spacial score (nSPS) is 15.6. The van der Waals surface area contributed by atoms with E-state index in [4.69, 9.17) is 10.8 Å². The van der Waals surface area contributed by atoms with Crippen molar-refractivity contribution in [1.29, 1.82) is 10.8 Å². The number of H-pyrrole nitrogens is 1. The quantitative estimate of drug-likeness (QED) is 0.248. The molecule has 1 aliphatic carbocycles. The molecule has 2 aromatic rings. The first-order valence-electron chi connectivity index (χ1n) is 11.2. The highest BCUT2D eigenvalue weighted by Crippen LogP contribution is 2.38. The van der Waals surface area contributed by atoms with Crippen molar-refractivity contribution in [1.82, 2.24) is 15.3 Å². The largest absolute Gasteiger partial charge is 0.377 e. The number of imidazole rings is 1. The van der Waals surface area contributed by atoms with E-state index in [1.54, 1.807) is 50.6 Å². The van der Waals surface area contributed by atoms with Crippen LogP contribution in [0, 0.1) is 16.6 Å². The van der Waals surface area contributed by atoms with Crippen molar-refractivity contribution in [2.45, 2.75) is 38.6 Å². The summed E-state index contributed by atoms with van der Waals surface area (Å²) < 4.78 is 13.5. The molecule has 0 spiro atoms. The van der Waals surface area contributed by atoms with Gasteiger partial charge in [0.15, 0.2) is 0 Å². The number of aromatic amines is 1. The van der Waals surface area contributed by atoms with E-state index >= 15 is 0 Å². The molecule has 1 fully saturated rings. The highest BCUT2D eigenvalue weighted by atomic mass is 19.1. The van der Waals surface area contributed by atoms with Crippen molar-refractivity contribution in [3.8, 4) is 0 Å². The lowest BCUT2D eigenvalue weighted by atomic mass is 10.0. The van der Waals surface area contributed by atoms with Crippen molar-refractivity contribution in [2.75, 3.05) is 7.05 Å². The summed E-state index contributed by atoms with van der Waals surface area (Å²) in [5, 5.41) is 20.2. The second kappa shape index (κ2) is 11.3. The van der Waals surface area contributed by atoms with Crippen LogP contribution in [0.2, 0.25) is 0 Å². The van der Waals surface area contributed by atoms with Gasteiger partial charge in [0.05, 0.1) is 17.1 Å². The summed E-state index contributed by atoms with van der Waals surface area (Å²) in [6.07, 6.45) is 12.8. The molecule has 6 nitrogen and oxygen atoms in total. The predicted molar refractivity (Wildman–Crippen MR) is 138 cm³/mol. The molecule has 0 aliphatic heterocycles. The number of benzene rings is 1. The Bertz CT molecular complexity index is 1190. The SMILES string of the molecule is C=C(NC(C)c1cccc(F)c1)C(=N)/C(C)=C/C(=C\C=NC)C(=N)/C=C\c1ncc(C2CC2)[nH]1. The lowest BCUT2D eigenvalue weighted by Gasteiger charge is -2.18. The lowest BCUT2D eigenvalue weighted by Crippen LogP contribution is -2.23. The summed E-state index contributed by atoms with van der Waals surface area (Å²) in [7, 11) is 1.66. The van der Waals surface area contributed by atoms with E-state index < -0.39 is 0 Å². The monoisotopic (exact) mass is 458 g/mol. The Kier molecular flexibility index (Phi) is 8.24. The van der Waals surface area contributed by atoms with Crippen LogP contribution >= 0.6 is 0 Å². The molecule has 0 bridgehead atoms. The number of nitrogens with zero attached hydrogens (tertiary/aromatic N) is 2. The van der Waals surface area contributed by atoms with Gasteiger partial charge < -0.3 is 15.7 Å². The van der Waals surface area contributed by atoms with E-state index in [2.05, 4.69) is 26.9 Å². The summed E-state index contributed by atoms with van der Waals surface area (Å²) in [6.45, 7) is 7.66. The summed E-state index contributed by atoms with van der Waals surface area (Å²) in [4.78, 5) is 11.6. The van der Waals surface area contributed by atoms with Crippen molar-refractivity contribution in [2.24, 2.45) is 4.99 Å². The smallest absolute Gasteiger partial charge is 0.130 e. The number of aliphatic imine (C=N–C) groups is 1. The van der Waals surface area contributed by atoms with Crippen LogP contribution in [0.4, 0.5) is 4.39 Å². The minimum Gasteiger partial charge on any atom is -0.377 e. The third kappa shape index (κ3) is 6.81. The van der Waals surface area contributed by atoms with Gasteiger partial charge in [-0.2, -0.15) is 0 Å². The standard InChI is InChI=1S/C27H31FN6/c1-17(27(30)19(3)33-18(2)21-6-5-7-23(28)15-21)14-22(12-13-31-4)24(29)10-11-26-32-16-25(34-26)20-8-9-20/h5-7,10-16,18,20,29-30,33H,3,8-9H2,1-2,4H3,(H,32,34)/b11-10-,17-14+,22-12+,29-24?,30-27?,31-13?. The second-order valence-corrected chi connectivity index (χ2v) is 8.38. The first-order valence-corrected chi connectivity index (χ1v) is 11.2. The minimum absolute atomic E-state index is 0.208. The molecule has 1 unspecified atom stereocenters. The number of halogens is 1. The summed E-state index contributed by atoms with van der Waals surface area (Å²) >= 11 is 0. The molecule has 0 radical (unpaired) electrons. The molecular weight excluding hydrogens is 427 g/mol. The Balaban J connectivity index is 1.69. The van der Waals surface area contributed by atoms with E-state index in [1.807, 2.05) is 19.2 Å². The van der Waals surface area contributed by atoms with E-state index in [9.17, 15) is 4.39 Å². The Morgan fingerprint density at radius 2 is 2.12 bits per heavy atom. The molecule has 176 valence electrons. The number of aromatic nitrogens is 2. The molecule has 1 aromatic heterocycles. The van der Waals surface area contributed by atoms with Crippen molar-refractivity contribution in [3.63, 3.8) is 0 Å². The highest BCUT2D eigenvalue weighted by molar-refractivity contribution is 6.15. The Hall–Kier alpha value is -3.87. The van der Waals surface area contributed by atoms with E-state index in [0.29, 0.717) is 28.6 Å². The molecule has 1 saturated carbocycles. The molecule has 1 aromatic carbocycles. The molecule has 7 heteroatoms. The Morgan fingerprint density at radius 3 is 2.79 bits per heavy atom. The van der Waals surface area contributed by atoms with Crippen LogP contribution < -0.4 is 5.32 Å². The van der Waals surface area contributed by atoms with Crippen LogP contribution in [0.1, 0.15) is 55.7 Å². The maximum absolute atomic E-state index is 13.5. The zero-order chi connectivity index (χ0) is 24.7. The number of hydrogen-bond acceptors (Lipinski definition) is 5. The molecule has 1 aliphatic rings. The average molecular weight is 459 g/mol. The fourth-order valence-corrected chi connectivity index (χ4v) is 3.40. The van der Waals surface area contributed by atoms with Crippen LogP contribution in [0.5, 0.6) is 0 Å². The van der Waals surface area contributed by atoms with Crippen LogP contribution in [0.3, 0.4) is 0 Å². The Morgan fingerprint density at radius 1 is 1.35 bits per heavy atom. The Labute approximate surface area is 200 Å². The molecule has 4 N–H and O–H groups in total. The van der Waals surface area contributed by atoms with Crippen LogP contribution in [-0.4, -0.2) is 34.7 Å². The van der Waals surface area contributed by atoms with Gasteiger partial charge in [-0.3, -0.25) is 10.4 Å². The predicted octanol–water partition coefficient (Wildman–Crippen LogP) is 5.92. The molecular formula is C27H31FN6. The van der Waals surface area contributed by atoms with Gasteiger partial charge in [-0.25, -0.2) is 9.37 Å². The number of hydrogen-bond donors (Lipinski definition) is 4. The van der Waals surface area contributed by atoms with Crippen LogP contribution in [-0.2, 0) is 0 Å². The zero-order valence-electron chi connectivity index (χ0n) is 19.8. The van der Waals surface area contributed by atoms with Gasteiger partial charge in [-0.15, -0.1) is 0 Å². The van der Waals surface area contributed by atoms with Gasteiger partial charge in [0.1, 0.15) is 11.6 Å². The molecule has 34 heavy (non-hydrogen) atoms. The fourth-order valence-electron chi connectivity index (χ4n) is 3.40.